The zero-order valence-electron chi connectivity index (χ0n) is 22.3. The largest absolute Gasteiger partial charge is 0.444 e. The Morgan fingerprint density at radius 3 is 2.76 bits per heavy atom. The number of amides is 1. The molecule has 2 aliphatic rings. The van der Waals surface area contributed by atoms with Crippen molar-refractivity contribution >= 4 is 35.6 Å². The van der Waals surface area contributed by atoms with Crippen LogP contribution in [0.2, 0.25) is 0 Å². The molecule has 1 amide bonds. The quantitative estimate of drug-likeness (QED) is 0.124. The number of carbonyl (C=O) groups is 1. The van der Waals surface area contributed by atoms with Crippen LogP contribution in [0.5, 0.6) is 0 Å². The van der Waals surface area contributed by atoms with Gasteiger partial charge in [0.2, 0.25) is 5.95 Å². The molecule has 2 fully saturated rings. The number of nitrogens with two attached hydrogens (primary N) is 1. The SMILES string of the molecule is CC(C)(C)OC(=O)NCCCN=CC(CNc1nc(NC2CCNCC2)cc(N2CCOCC2)n1)=NN. The maximum Gasteiger partial charge on any atom is 0.407 e. The van der Waals surface area contributed by atoms with E-state index in [1.807, 2.05) is 26.8 Å². The summed E-state index contributed by atoms with van der Waals surface area (Å²) in [6.07, 6.45) is 3.96. The summed E-state index contributed by atoms with van der Waals surface area (Å²) >= 11 is 0. The van der Waals surface area contributed by atoms with Gasteiger partial charge in [0.1, 0.15) is 17.2 Å². The summed E-state index contributed by atoms with van der Waals surface area (Å²) in [5, 5.41) is 16.7. The van der Waals surface area contributed by atoms with Gasteiger partial charge in [0.05, 0.1) is 25.5 Å². The molecule has 0 radical (unpaired) electrons. The first kappa shape index (κ1) is 28.4. The van der Waals surface area contributed by atoms with Gasteiger partial charge in [0, 0.05) is 44.5 Å². The molecule has 0 unspecified atom stereocenters. The third-order valence-corrected chi connectivity index (χ3v) is 5.70. The van der Waals surface area contributed by atoms with Gasteiger partial charge in [0.25, 0.3) is 0 Å². The van der Waals surface area contributed by atoms with Crippen LogP contribution < -0.4 is 32.0 Å². The van der Waals surface area contributed by atoms with Crippen LogP contribution >= 0.6 is 0 Å². The minimum absolute atomic E-state index is 0.329. The number of nitrogens with one attached hydrogen (secondary N) is 4. The lowest BCUT2D eigenvalue weighted by molar-refractivity contribution is 0.0527. The minimum atomic E-state index is -0.517. The number of hydrogen-bond donors (Lipinski definition) is 5. The van der Waals surface area contributed by atoms with Crippen molar-refractivity contribution in [3.8, 4) is 0 Å². The van der Waals surface area contributed by atoms with E-state index >= 15 is 0 Å². The van der Waals surface area contributed by atoms with Crippen LogP contribution in [0.4, 0.5) is 22.4 Å². The van der Waals surface area contributed by atoms with Crippen LogP contribution in [0.3, 0.4) is 0 Å². The summed E-state index contributed by atoms with van der Waals surface area (Å²) in [7, 11) is 0. The highest BCUT2D eigenvalue weighted by Crippen LogP contribution is 2.21. The number of nitrogens with zero attached hydrogens (tertiary/aromatic N) is 5. The maximum absolute atomic E-state index is 11.7. The van der Waals surface area contributed by atoms with E-state index in [9.17, 15) is 4.79 Å². The van der Waals surface area contributed by atoms with E-state index in [1.54, 1.807) is 6.21 Å². The van der Waals surface area contributed by atoms with Crippen LogP contribution in [0.15, 0.2) is 16.2 Å². The predicted molar refractivity (Wildman–Crippen MR) is 147 cm³/mol. The number of morpholine rings is 1. The third kappa shape index (κ3) is 10.8. The minimum Gasteiger partial charge on any atom is -0.444 e. The lowest BCUT2D eigenvalue weighted by atomic mass is 10.1. The Bertz CT molecular complexity index is 907. The van der Waals surface area contributed by atoms with Crippen molar-refractivity contribution in [1.82, 2.24) is 20.6 Å². The Morgan fingerprint density at radius 2 is 2.05 bits per heavy atom. The molecule has 3 rings (SSSR count). The van der Waals surface area contributed by atoms with Gasteiger partial charge in [-0.1, -0.05) is 0 Å². The van der Waals surface area contributed by atoms with E-state index in [4.69, 9.17) is 20.3 Å². The van der Waals surface area contributed by atoms with Gasteiger partial charge in [-0.3, -0.25) is 4.99 Å². The van der Waals surface area contributed by atoms with Gasteiger partial charge < -0.3 is 41.5 Å². The summed E-state index contributed by atoms with van der Waals surface area (Å²) < 4.78 is 10.7. The summed E-state index contributed by atoms with van der Waals surface area (Å²) in [6.45, 7) is 11.7. The molecule has 0 aromatic carbocycles. The van der Waals surface area contributed by atoms with Crippen molar-refractivity contribution in [2.24, 2.45) is 15.9 Å². The molecule has 0 saturated carbocycles. The number of anilines is 3. The topological polar surface area (TPSA) is 163 Å². The molecule has 206 valence electrons. The second-order valence-electron chi connectivity index (χ2n) is 9.99. The molecule has 1 aromatic heterocycles. The number of hydrogen-bond acceptors (Lipinski definition) is 12. The molecule has 13 nitrogen and oxygen atoms in total. The van der Waals surface area contributed by atoms with Crippen LogP contribution in [0.1, 0.15) is 40.0 Å². The first-order valence-electron chi connectivity index (χ1n) is 13.0. The molecule has 2 aliphatic heterocycles. The van der Waals surface area contributed by atoms with Gasteiger partial charge in [-0.15, -0.1) is 0 Å². The first-order valence-corrected chi connectivity index (χ1v) is 13.0. The van der Waals surface area contributed by atoms with Crippen LogP contribution in [0, 0.1) is 0 Å². The number of piperidine rings is 1. The smallest absolute Gasteiger partial charge is 0.407 e. The summed E-state index contributed by atoms with van der Waals surface area (Å²) in [5.74, 6) is 7.73. The first-order chi connectivity index (χ1) is 17.8. The van der Waals surface area contributed by atoms with Crippen molar-refractivity contribution in [3.05, 3.63) is 6.07 Å². The average molecular weight is 519 g/mol. The molecule has 13 heteroatoms. The van der Waals surface area contributed by atoms with E-state index in [1.165, 1.54) is 0 Å². The Hall–Kier alpha value is -3.19. The highest BCUT2D eigenvalue weighted by Gasteiger charge is 2.18. The Morgan fingerprint density at radius 1 is 1.30 bits per heavy atom. The summed E-state index contributed by atoms with van der Waals surface area (Å²) in [6, 6.07) is 2.38. The van der Waals surface area contributed by atoms with Crippen LogP contribution in [0.25, 0.3) is 0 Å². The highest BCUT2D eigenvalue weighted by molar-refractivity contribution is 6.32. The molecule has 3 heterocycles. The number of hydrazone groups is 1. The fourth-order valence-electron chi connectivity index (χ4n) is 3.86. The second-order valence-corrected chi connectivity index (χ2v) is 9.99. The lowest BCUT2D eigenvalue weighted by Gasteiger charge is -2.29. The van der Waals surface area contributed by atoms with E-state index in [0.717, 1.165) is 50.7 Å². The molecule has 0 bridgehead atoms. The van der Waals surface area contributed by atoms with E-state index in [-0.39, 0.29) is 0 Å². The number of aliphatic imine (C=N–C) groups is 1. The number of alkyl carbamates (subject to hydrolysis) is 1. The molecule has 6 N–H and O–H groups in total. The zero-order chi connectivity index (χ0) is 26.5. The average Bonchev–Trinajstić information content (AvgIpc) is 2.88. The van der Waals surface area contributed by atoms with Gasteiger partial charge in [-0.05, 0) is 53.1 Å². The maximum atomic E-state index is 11.7. The molecule has 1 aromatic rings. The molecular formula is C24H42N10O3. The standard InChI is InChI=1S/C24H42N10O3/c1-24(2,3)37-23(35)28-8-4-7-27-16-19(33-25)17-29-22-31-20(30-18-5-9-26-10-6-18)15-21(32-22)34-11-13-36-14-12-34/h15-16,18,26H,4-14,17,25H2,1-3H3,(H,28,35)(H2,29,30,31,32). The van der Waals surface area contributed by atoms with Gasteiger partial charge in [-0.2, -0.15) is 15.1 Å². The number of rotatable bonds is 11. The Labute approximate surface area is 219 Å². The fraction of sp³-hybridized carbons (Fsp3) is 0.708. The lowest BCUT2D eigenvalue weighted by Crippen LogP contribution is -2.37. The summed E-state index contributed by atoms with van der Waals surface area (Å²) in [4.78, 5) is 27.7. The zero-order valence-corrected chi connectivity index (χ0v) is 22.3. The van der Waals surface area contributed by atoms with Gasteiger partial charge >= 0.3 is 6.09 Å². The predicted octanol–water partition coefficient (Wildman–Crippen LogP) is 1.19. The van der Waals surface area contributed by atoms with Gasteiger partial charge in [0.15, 0.2) is 0 Å². The Kier molecular flexibility index (Phi) is 11.1. The number of aromatic nitrogens is 2. The van der Waals surface area contributed by atoms with Crippen molar-refractivity contribution in [2.45, 2.75) is 51.7 Å². The van der Waals surface area contributed by atoms with Crippen LogP contribution in [-0.2, 0) is 9.47 Å². The molecule has 0 spiro atoms. The normalized spacial score (nSPS) is 17.6. The molecule has 2 saturated heterocycles. The fourth-order valence-corrected chi connectivity index (χ4v) is 3.86. The highest BCUT2D eigenvalue weighted by atomic mass is 16.6. The van der Waals surface area contributed by atoms with Crippen molar-refractivity contribution < 1.29 is 14.3 Å². The molecule has 0 aliphatic carbocycles. The molecule has 37 heavy (non-hydrogen) atoms. The van der Waals surface area contributed by atoms with E-state index in [2.05, 4.69) is 41.2 Å². The van der Waals surface area contributed by atoms with Crippen molar-refractivity contribution in [3.63, 3.8) is 0 Å². The molecular weight excluding hydrogens is 476 g/mol. The van der Waals surface area contributed by atoms with E-state index in [0.29, 0.717) is 57.0 Å². The number of carbonyl (C=O) groups excluding carboxylic acids is 1. The Balaban J connectivity index is 1.52. The third-order valence-electron chi connectivity index (χ3n) is 5.70. The van der Waals surface area contributed by atoms with Crippen molar-refractivity contribution in [2.75, 3.05) is 74.6 Å². The molecule has 0 atom stereocenters. The van der Waals surface area contributed by atoms with Crippen LogP contribution in [-0.4, -0.2) is 98.7 Å². The monoisotopic (exact) mass is 518 g/mol. The second kappa shape index (κ2) is 14.5. The number of ether oxygens (including phenoxy) is 2. The summed E-state index contributed by atoms with van der Waals surface area (Å²) in [5.41, 5.74) is 0.0467. The van der Waals surface area contributed by atoms with Gasteiger partial charge in [-0.25, -0.2) is 4.79 Å². The van der Waals surface area contributed by atoms with Crippen molar-refractivity contribution in [1.29, 1.82) is 0 Å². The van der Waals surface area contributed by atoms with E-state index < -0.39 is 11.7 Å².